The van der Waals surface area contributed by atoms with Crippen LogP contribution in [0.5, 0.6) is 0 Å². The molecule has 2 saturated heterocycles. The quantitative estimate of drug-likeness (QED) is 0.0512. The van der Waals surface area contributed by atoms with Crippen LogP contribution in [0, 0.1) is 29.6 Å². The number of methoxy groups -OCH3 is 2. The highest BCUT2D eigenvalue weighted by Gasteiger charge is 2.44. The summed E-state index contributed by atoms with van der Waals surface area (Å²) in [6.07, 6.45) is 2.54. The first-order valence-electron chi connectivity index (χ1n) is 28.3. The van der Waals surface area contributed by atoms with Crippen LogP contribution >= 0.6 is 0 Å². The maximum atomic E-state index is 14.7. The number of ketones is 1. The number of aliphatic hydroxyl groups excluding tert-OH is 1. The average molecular weight is 1090 g/mol. The molecule has 2 fully saturated rings. The van der Waals surface area contributed by atoms with Gasteiger partial charge in [0.05, 0.1) is 48.8 Å². The van der Waals surface area contributed by atoms with Crippen LogP contribution in [-0.4, -0.2) is 156 Å². The molecule has 3 N–H and O–H groups in total. The van der Waals surface area contributed by atoms with Gasteiger partial charge in [-0.2, -0.15) is 0 Å². The summed E-state index contributed by atoms with van der Waals surface area (Å²) in [4.78, 5) is 114. The van der Waals surface area contributed by atoms with Crippen LogP contribution in [0.1, 0.15) is 149 Å². The average Bonchev–Trinajstić information content (AvgIpc) is 4.02. The number of amides is 7. The van der Waals surface area contributed by atoms with Crippen LogP contribution in [0.4, 0.5) is 4.79 Å². The number of ether oxygens (including phenoxy) is 3. The molecule has 2 aromatic carbocycles. The number of Topliss-reactive ketones (excluding diaryl/α,β-unsaturated/α-hetero) is 1. The Morgan fingerprint density at radius 3 is 2.03 bits per heavy atom. The van der Waals surface area contributed by atoms with Gasteiger partial charge in [-0.1, -0.05) is 123 Å². The van der Waals surface area contributed by atoms with Gasteiger partial charge in [0.1, 0.15) is 24.5 Å². The molecule has 0 radical (unpaired) electrons. The van der Waals surface area contributed by atoms with Gasteiger partial charge in [-0.25, -0.2) is 4.79 Å². The minimum atomic E-state index is -1.000. The van der Waals surface area contributed by atoms with E-state index in [1.54, 1.807) is 68.8 Å². The lowest BCUT2D eigenvalue weighted by Gasteiger charge is -2.41. The summed E-state index contributed by atoms with van der Waals surface area (Å²) in [6, 6.07) is 12.7. The van der Waals surface area contributed by atoms with Crippen molar-refractivity contribution in [2.24, 2.45) is 29.6 Å². The highest BCUT2D eigenvalue weighted by atomic mass is 16.6. The van der Waals surface area contributed by atoms with Crippen LogP contribution in [0.3, 0.4) is 0 Å². The Morgan fingerprint density at radius 2 is 1.45 bits per heavy atom. The number of rotatable bonds is 31. The molecule has 18 heteroatoms. The van der Waals surface area contributed by atoms with E-state index in [1.807, 2.05) is 65.0 Å². The number of aliphatic hydroxyl groups is 1. The molecule has 4 rings (SSSR count). The number of unbranched alkanes of at least 4 members (excludes halogenated alkanes) is 2. The molecule has 2 aliphatic heterocycles. The third-order valence-electron chi connectivity index (χ3n) is 16.0. The lowest BCUT2D eigenvalue weighted by atomic mass is 9.89. The second-order valence-electron chi connectivity index (χ2n) is 22.4. The molecule has 0 aromatic heterocycles. The number of carbonyl (C=O) groups excluding carboxylic acids is 8. The third-order valence-corrected chi connectivity index (χ3v) is 16.0. The third kappa shape index (κ3) is 17.4. The van der Waals surface area contributed by atoms with E-state index in [9.17, 15) is 43.5 Å². The van der Waals surface area contributed by atoms with E-state index in [0.717, 1.165) is 12.0 Å². The van der Waals surface area contributed by atoms with Gasteiger partial charge < -0.3 is 39.8 Å². The second kappa shape index (κ2) is 31.2. The van der Waals surface area contributed by atoms with Gasteiger partial charge in [0.15, 0.2) is 0 Å². The molecular weight excluding hydrogens is 997 g/mol. The van der Waals surface area contributed by atoms with Crippen LogP contribution in [0.2, 0.25) is 0 Å². The van der Waals surface area contributed by atoms with Gasteiger partial charge in [-0.05, 0) is 73.5 Å². The standard InChI is InChI=1S/C60H92N6O12/c1-14-39(7)53(48(76-12)35-50(69)65-32-22-26-47(65)55(77-13)40(8)56(71)61-41(9)54(70)45-23-18-16-19-24-45)63(10)59(74)51(37(3)4)62-57(72)52(38(5)6)64(11)60(75)78-36-43-29-27-42(28-30-43)33-46(67)25-20-17-21-31-66-49(68)34-44(15-2)58(66)73/h16,18-19,23-24,27-30,37-41,44,47-48,51-55,70H,14-15,17,20-22,25-26,31-36H2,1-13H3,(H,61,71)(H,62,72)/t39-,40+,41+,44?,47-,48+,51-,52-,53-,54+,55+/m0/s1. The number of benzene rings is 2. The molecule has 7 amide bonds. The predicted octanol–water partition coefficient (Wildman–Crippen LogP) is 7.04. The summed E-state index contributed by atoms with van der Waals surface area (Å²) in [5.74, 6) is -3.28. The highest BCUT2D eigenvalue weighted by molar-refractivity contribution is 6.03. The highest BCUT2D eigenvalue weighted by Crippen LogP contribution is 2.31. The van der Waals surface area contributed by atoms with Crippen molar-refractivity contribution >= 4 is 47.3 Å². The molecule has 2 aliphatic rings. The van der Waals surface area contributed by atoms with Crippen molar-refractivity contribution in [2.45, 2.75) is 188 Å². The second-order valence-corrected chi connectivity index (χ2v) is 22.4. The smallest absolute Gasteiger partial charge is 0.410 e. The summed E-state index contributed by atoms with van der Waals surface area (Å²) >= 11 is 0. The fourth-order valence-corrected chi connectivity index (χ4v) is 11.1. The summed E-state index contributed by atoms with van der Waals surface area (Å²) in [5, 5.41) is 16.8. The van der Waals surface area contributed by atoms with E-state index in [1.165, 1.54) is 31.1 Å². The topological polar surface area (TPSA) is 221 Å². The summed E-state index contributed by atoms with van der Waals surface area (Å²) in [7, 11) is 6.20. The van der Waals surface area contributed by atoms with Crippen LogP contribution in [-0.2, 0) is 60.8 Å². The number of hydrogen-bond acceptors (Lipinski definition) is 12. The van der Waals surface area contributed by atoms with E-state index in [2.05, 4.69) is 10.6 Å². The van der Waals surface area contributed by atoms with Crippen molar-refractivity contribution < 1.29 is 57.7 Å². The van der Waals surface area contributed by atoms with Crippen molar-refractivity contribution in [1.29, 1.82) is 0 Å². The minimum absolute atomic E-state index is 0.0566. The van der Waals surface area contributed by atoms with Gasteiger partial charge in [0, 0.05) is 66.6 Å². The fraction of sp³-hybridized carbons (Fsp3) is 0.667. The number of nitrogens with one attached hydrogen (secondary N) is 2. The molecule has 0 spiro atoms. The Kier molecular flexibility index (Phi) is 25.9. The van der Waals surface area contributed by atoms with E-state index in [0.29, 0.717) is 69.2 Å². The lowest BCUT2D eigenvalue weighted by Crippen LogP contribution is -2.60. The Morgan fingerprint density at radius 1 is 0.795 bits per heavy atom. The normalized spacial score (nSPS) is 19.1. The number of likely N-dealkylation sites (N-methyl/N-ethyl adjacent to an activating group) is 2. The van der Waals surface area contributed by atoms with Crippen molar-refractivity contribution in [3.8, 4) is 0 Å². The van der Waals surface area contributed by atoms with E-state index in [-0.39, 0.29) is 84.9 Å². The molecule has 0 bridgehead atoms. The molecule has 2 aromatic rings. The molecule has 1 unspecified atom stereocenters. The molecule has 2 heterocycles. The number of nitrogens with zero attached hydrogens (tertiary/aromatic N) is 4. The number of likely N-dealkylation sites (tertiary alicyclic amines) is 2. The van der Waals surface area contributed by atoms with Gasteiger partial charge in [-0.15, -0.1) is 0 Å². The number of carbonyl (C=O) groups is 8. The number of imide groups is 1. The zero-order chi connectivity index (χ0) is 58.0. The zero-order valence-electron chi connectivity index (χ0n) is 48.8. The molecular formula is C60H92N6O12. The van der Waals surface area contributed by atoms with Crippen molar-refractivity contribution in [1.82, 2.24) is 30.2 Å². The van der Waals surface area contributed by atoms with Crippen molar-refractivity contribution in [3.05, 3.63) is 71.3 Å². The van der Waals surface area contributed by atoms with Gasteiger partial charge in [-0.3, -0.25) is 43.4 Å². The fourth-order valence-electron chi connectivity index (χ4n) is 11.1. The van der Waals surface area contributed by atoms with Gasteiger partial charge in [0.25, 0.3) is 0 Å². The molecule has 78 heavy (non-hydrogen) atoms. The van der Waals surface area contributed by atoms with Crippen molar-refractivity contribution in [3.63, 3.8) is 0 Å². The van der Waals surface area contributed by atoms with Crippen molar-refractivity contribution in [2.75, 3.05) is 41.4 Å². The van der Waals surface area contributed by atoms with Crippen LogP contribution < -0.4 is 10.6 Å². The Hall–Kier alpha value is -5.72. The van der Waals surface area contributed by atoms with E-state index in [4.69, 9.17) is 14.2 Å². The van der Waals surface area contributed by atoms with Crippen LogP contribution in [0.25, 0.3) is 0 Å². The van der Waals surface area contributed by atoms with Crippen LogP contribution in [0.15, 0.2) is 54.6 Å². The first kappa shape index (κ1) is 64.8. The first-order valence-corrected chi connectivity index (χ1v) is 28.3. The molecule has 434 valence electrons. The monoisotopic (exact) mass is 1090 g/mol. The summed E-state index contributed by atoms with van der Waals surface area (Å²) < 4.78 is 17.7. The minimum Gasteiger partial charge on any atom is -0.445 e. The summed E-state index contributed by atoms with van der Waals surface area (Å²) in [6.45, 7) is 17.5. The zero-order valence-corrected chi connectivity index (χ0v) is 48.8. The van der Waals surface area contributed by atoms with E-state index >= 15 is 0 Å². The summed E-state index contributed by atoms with van der Waals surface area (Å²) in [5.41, 5.74) is 2.19. The number of hydrogen-bond donors (Lipinski definition) is 3. The molecule has 11 atom stereocenters. The maximum Gasteiger partial charge on any atom is 0.410 e. The van der Waals surface area contributed by atoms with E-state index < -0.39 is 66.4 Å². The maximum absolute atomic E-state index is 14.7. The molecule has 18 nitrogen and oxygen atoms in total. The Labute approximate surface area is 464 Å². The largest absolute Gasteiger partial charge is 0.445 e. The molecule has 0 saturated carbocycles. The first-order chi connectivity index (χ1) is 37.0. The lowest BCUT2D eigenvalue weighted by molar-refractivity contribution is -0.148. The SMILES string of the molecule is CCC1CC(=O)N(CCCCCC(=O)Cc2ccc(COC(=O)N(C)[C@H](C(=O)N[C@H](C(=O)N(C)[C@@H]([C@@H](C)CC)[C@@H](CC(=O)N3CCC[C@H]3[C@H](OC)[C@@H](C)C(=O)N[C@H](C)[C@@H](O)c3ccccc3)OC)C(C)C)C(C)C)cc2)C1=O. The Balaban J connectivity index is 1.34. The van der Waals surface area contributed by atoms with Gasteiger partial charge in [0.2, 0.25) is 35.4 Å². The predicted molar refractivity (Wildman–Crippen MR) is 297 cm³/mol. The molecule has 0 aliphatic carbocycles. The van der Waals surface area contributed by atoms with Gasteiger partial charge >= 0.3 is 6.09 Å². The Bertz CT molecular complexity index is 2300.